The minimum Gasteiger partial charge on any atom is -0.497 e. The van der Waals surface area contributed by atoms with Gasteiger partial charge in [0.05, 0.1) is 19.9 Å². The maximum Gasteiger partial charge on any atom is 0.329 e. The Labute approximate surface area is 152 Å². The number of rotatable bonds is 7. The van der Waals surface area contributed by atoms with Crippen LogP contribution in [0.3, 0.4) is 0 Å². The van der Waals surface area contributed by atoms with E-state index in [1.165, 1.54) is 13.3 Å². The second-order valence-electron chi connectivity index (χ2n) is 5.30. The van der Waals surface area contributed by atoms with Crippen LogP contribution in [0.4, 0.5) is 5.69 Å². The van der Waals surface area contributed by atoms with E-state index in [0.717, 1.165) is 17.7 Å². The Balaban J connectivity index is 1.84. The summed E-state index contributed by atoms with van der Waals surface area (Å²) in [4.78, 5) is 23.6. The number of methoxy groups -OCH3 is 1. The molecule has 0 saturated heterocycles. The molecule has 0 aliphatic carbocycles. The van der Waals surface area contributed by atoms with Crippen LogP contribution in [0.15, 0.2) is 53.6 Å². The first kappa shape index (κ1) is 19.0. The molecule has 7 nitrogen and oxygen atoms in total. The first-order valence-corrected chi connectivity index (χ1v) is 8.13. The molecule has 136 valence electrons. The number of anilines is 1. The molecular weight excluding hydrogens is 334 g/mol. The van der Waals surface area contributed by atoms with Gasteiger partial charge in [-0.15, -0.1) is 0 Å². The third kappa shape index (κ3) is 5.94. The van der Waals surface area contributed by atoms with E-state index in [1.54, 1.807) is 36.4 Å². The molecule has 26 heavy (non-hydrogen) atoms. The lowest BCUT2D eigenvalue weighted by molar-refractivity contribution is -0.136. The Morgan fingerprint density at radius 3 is 2.54 bits per heavy atom. The summed E-state index contributed by atoms with van der Waals surface area (Å²) in [6.07, 6.45) is 2.38. The molecule has 7 heteroatoms. The second kappa shape index (κ2) is 9.83. The average molecular weight is 355 g/mol. The molecule has 0 fully saturated rings. The molecule has 0 bridgehead atoms. The number of hydrogen-bond acceptors (Lipinski definition) is 5. The number of carbonyl (C=O) groups is 2. The molecular formula is C19H21N3O4. The molecule has 0 saturated carbocycles. The highest BCUT2D eigenvalue weighted by Gasteiger charge is 2.13. The van der Waals surface area contributed by atoms with Crippen molar-refractivity contribution in [3.05, 3.63) is 54.1 Å². The Morgan fingerprint density at radius 2 is 1.85 bits per heavy atom. The van der Waals surface area contributed by atoms with E-state index in [9.17, 15) is 9.59 Å². The molecule has 0 aliphatic heterocycles. The molecule has 0 aliphatic rings. The minimum atomic E-state index is -0.869. The third-order valence-electron chi connectivity index (χ3n) is 3.27. The van der Waals surface area contributed by atoms with Gasteiger partial charge in [0.1, 0.15) is 11.5 Å². The van der Waals surface area contributed by atoms with Crippen LogP contribution in [-0.2, 0) is 9.59 Å². The molecule has 2 aromatic rings. The lowest BCUT2D eigenvalue weighted by Crippen LogP contribution is -2.32. The predicted octanol–water partition coefficient (Wildman–Crippen LogP) is 2.57. The van der Waals surface area contributed by atoms with Crippen LogP contribution < -0.4 is 20.2 Å². The number of nitrogens with zero attached hydrogens (tertiary/aromatic N) is 1. The van der Waals surface area contributed by atoms with Crippen LogP contribution in [0.25, 0.3) is 0 Å². The van der Waals surface area contributed by atoms with Gasteiger partial charge in [0.2, 0.25) is 0 Å². The van der Waals surface area contributed by atoms with E-state index >= 15 is 0 Å². The molecule has 0 spiro atoms. The van der Waals surface area contributed by atoms with E-state index in [4.69, 9.17) is 9.47 Å². The molecule has 2 N–H and O–H groups in total. The SMILES string of the molecule is CCCOc1ccc(/C=N/NC(=O)C(=O)Nc2cccc(OC)c2)cc1. The van der Waals surface area contributed by atoms with Crippen molar-refractivity contribution in [1.29, 1.82) is 0 Å². The van der Waals surface area contributed by atoms with E-state index < -0.39 is 11.8 Å². The standard InChI is InChI=1S/C19H21N3O4/c1-3-11-26-16-9-7-14(8-10-16)13-20-22-19(24)18(23)21-15-5-4-6-17(12-15)25-2/h4-10,12-13H,3,11H2,1-2H3,(H,21,23)(H,22,24)/b20-13+. The molecule has 2 amide bonds. The molecule has 0 unspecified atom stereocenters. The van der Waals surface area contributed by atoms with Crippen molar-refractivity contribution < 1.29 is 19.1 Å². The van der Waals surface area contributed by atoms with E-state index in [2.05, 4.69) is 15.8 Å². The summed E-state index contributed by atoms with van der Waals surface area (Å²) in [5.41, 5.74) is 3.41. The third-order valence-corrected chi connectivity index (χ3v) is 3.27. The van der Waals surface area contributed by atoms with Crippen molar-refractivity contribution in [3.8, 4) is 11.5 Å². The first-order valence-electron chi connectivity index (χ1n) is 8.13. The number of nitrogens with one attached hydrogen (secondary N) is 2. The maximum atomic E-state index is 11.8. The van der Waals surface area contributed by atoms with Gasteiger partial charge in [-0.2, -0.15) is 5.10 Å². The zero-order chi connectivity index (χ0) is 18.8. The van der Waals surface area contributed by atoms with Gasteiger partial charge in [-0.25, -0.2) is 5.43 Å². The van der Waals surface area contributed by atoms with Gasteiger partial charge in [-0.3, -0.25) is 9.59 Å². The van der Waals surface area contributed by atoms with Crippen LogP contribution in [-0.4, -0.2) is 31.7 Å². The monoisotopic (exact) mass is 355 g/mol. The molecule has 0 heterocycles. The molecule has 2 rings (SSSR count). The Hall–Kier alpha value is -3.35. The van der Waals surface area contributed by atoms with Gasteiger partial charge in [0, 0.05) is 11.8 Å². The van der Waals surface area contributed by atoms with Crippen molar-refractivity contribution in [2.45, 2.75) is 13.3 Å². The first-order chi connectivity index (χ1) is 12.6. The van der Waals surface area contributed by atoms with Crippen molar-refractivity contribution in [2.75, 3.05) is 19.0 Å². The zero-order valence-corrected chi connectivity index (χ0v) is 14.7. The highest BCUT2D eigenvalue weighted by Crippen LogP contribution is 2.16. The summed E-state index contributed by atoms with van der Waals surface area (Å²) in [7, 11) is 1.52. The predicted molar refractivity (Wildman–Crippen MR) is 99.6 cm³/mol. The molecule has 0 aromatic heterocycles. The van der Waals surface area contributed by atoms with E-state index in [1.807, 2.05) is 19.1 Å². The Morgan fingerprint density at radius 1 is 1.08 bits per heavy atom. The molecule has 0 atom stereocenters. The summed E-state index contributed by atoms with van der Waals surface area (Å²) < 4.78 is 10.5. The minimum absolute atomic E-state index is 0.455. The number of amides is 2. The van der Waals surface area contributed by atoms with E-state index in [0.29, 0.717) is 18.0 Å². The average Bonchev–Trinajstić information content (AvgIpc) is 2.67. The number of ether oxygens (including phenoxy) is 2. The summed E-state index contributed by atoms with van der Waals surface area (Å²) in [5, 5.41) is 6.25. The van der Waals surface area contributed by atoms with Gasteiger partial charge in [0.25, 0.3) is 0 Å². The van der Waals surface area contributed by atoms with Crippen LogP contribution in [0.1, 0.15) is 18.9 Å². The van der Waals surface area contributed by atoms with Crippen molar-refractivity contribution in [2.24, 2.45) is 5.10 Å². The fourth-order valence-corrected chi connectivity index (χ4v) is 1.97. The van der Waals surface area contributed by atoms with Crippen LogP contribution >= 0.6 is 0 Å². The fraction of sp³-hybridized carbons (Fsp3) is 0.211. The van der Waals surface area contributed by atoms with Gasteiger partial charge >= 0.3 is 11.8 Å². The second-order valence-corrected chi connectivity index (χ2v) is 5.30. The quantitative estimate of drug-likeness (QED) is 0.454. The summed E-state index contributed by atoms with van der Waals surface area (Å²) >= 11 is 0. The smallest absolute Gasteiger partial charge is 0.329 e. The normalized spacial score (nSPS) is 10.4. The van der Waals surface area contributed by atoms with Crippen LogP contribution in [0.2, 0.25) is 0 Å². The lowest BCUT2D eigenvalue weighted by Gasteiger charge is -2.06. The zero-order valence-electron chi connectivity index (χ0n) is 14.7. The number of hydrazone groups is 1. The van der Waals surface area contributed by atoms with Crippen LogP contribution in [0.5, 0.6) is 11.5 Å². The van der Waals surface area contributed by atoms with Gasteiger partial charge in [-0.05, 0) is 48.4 Å². The fourth-order valence-electron chi connectivity index (χ4n) is 1.97. The van der Waals surface area contributed by atoms with Crippen molar-refractivity contribution in [3.63, 3.8) is 0 Å². The Bertz CT molecular complexity index is 773. The van der Waals surface area contributed by atoms with Crippen LogP contribution in [0, 0.1) is 0 Å². The summed E-state index contributed by atoms with van der Waals surface area (Å²) in [5.74, 6) is -0.344. The summed E-state index contributed by atoms with van der Waals surface area (Å²) in [6.45, 7) is 2.69. The largest absolute Gasteiger partial charge is 0.497 e. The number of hydrogen-bond donors (Lipinski definition) is 2. The van der Waals surface area contributed by atoms with Gasteiger partial charge in [0.15, 0.2) is 0 Å². The topological polar surface area (TPSA) is 89.0 Å². The lowest BCUT2D eigenvalue weighted by atomic mass is 10.2. The highest BCUT2D eigenvalue weighted by molar-refractivity contribution is 6.39. The number of carbonyl (C=O) groups excluding carboxylic acids is 2. The molecule has 0 radical (unpaired) electrons. The van der Waals surface area contributed by atoms with E-state index in [-0.39, 0.29) is 0 Å². The maximum absolute atomic E-state index is 11.8. The van der Waals surface area contributed by atoms with Gasteiger partial charge < -0.3 is 14.8 Å². The highest BCUT2D eigenvalue weighted by atomic mass is 16.5. The van der Waals surface area contributed by atoms with Crippen molar-refractivity contribution in [1.82, 2.24) is 5.43 Å². The number of benzene rings is 2. The molecule has 2 aromatic carbocycles. The van der Waals surface area contributed by atoms with Crippen molar-refractivity contribution >= 4 is 23.7 Å². The van der Waals surface area contributed by atoms with Gasteiger partial charge in [-0.1, -0.05) is 13.0 Å². The Kier molecular flexibility index (Phi) is 7.17. The summed E-state index contributed by atoms with van der Waals surface area (Å²) in [6, 6.07) is 13.9.